The third-order valence-electron chi connectivity index (χ3n) is 0.957. The van der Waals surface area contributed by atoms with Crippen LogP contribution >= 0.6 is 0 Å². The van der Waals surface area contributed by atoms with Crippen LogP contribution in [0.2, 0.25) is 0 Å². The Hall–Kier alpha value is -0.520. The van der Waals surface area contributed by atoms with Gasteiger partial charge in [-0.2, -0.15) is 0 Å². The second kappa shape index (κ2) is 1.29. The van der Waals surface area contributed by atoms with E-state index in [0.717, 1.165) is 6.42 Å². The van der Waals surface area contributed by atoms with Crippen molar-refractivity contribution in [2.75, 3.05) is 0 Å². The molecule has 1 aliphatic rings. The number of hydrogen-bond acceptors (Lipinski definition) is 0. The van der Waals surface area contributed by atoms with Gasteiger partial charge >= 0.3 is 0 Å². The monoisotopic (exact) mass is 80.1 g/mol. The standard InChI is InChI=1S/C6H8/c1-6-4-2-3-5-6/h2,4-5H,3H2,1H3. The van der Waals surface area contributed by atoms with E-state index in [1.165, 1.54) is 5.57 Å². The minimum atomic E-state index is 1.14. The van der Waals surface area contributed by atoms with Gasteiger partial charge in [-0.25, -0.2) is 0 Å². The maximum Gasteiger partial charge on any atom is -0.0160 e. The molecule has 0 nitrogen and oxygen atoms in total. The molecular weight excluding hydrogens is 72.1 g/mol. The highest BCUT2D eigenvalue weighted by molar-refractivity contribution is 5.23. The summed E-state index contributed by atoms with van der Waals surface area (Å²) in [6, 6.07) is 0. The fraction of sp³-hybridized carbons (Fsp3) is 0.333. The first-order valence-electron chi connectivity index (χ1n) is 2.23. The second-order valence-corrected chi connectivity index (χ2v) is 1.59. The highest BCUT2D eigenvalue weighted by Gasteiger charge is 1.84. The van der Waals surface area contributed by atoms with Crippen LogP contribution < -0.4 is 0 Å². The normalized spacial score (nSPS) is 18.5. The van der Waals surface area contributed by atoms with Crippen molar-refractivity contribution in [1.29, 1.82) is 0 Å². The molecule has 0 unspecified atom stereocenters. The second-order valence-electron chi connectivity index (χ2n) is 1.59. The first-order valence-corrected chi connectivity index (χ1v) is 2.23. The summed E-state index contributed by atoms with van der Waals surface area (Å²) in [4.78, 5) is 0. The van der Waals surface area contributed by atoms with Crippen LogP contribution in [0.4, 0.5) is 0 Å². The van der Waals surface area contributed by atoms with Crippen LogP contribution in [0.25, 0.3) is 0 Å². The highest BCUT2D eigenvalue weighted by atomic mass is 13.9. The fourth-order valence-electron chi connectivity index (χ4n) is 0.576. The van der Waals surface area contributed by atoms with Crippen LogP contribution in [-0.2, 0) is 0 Å². The molecule has 0 radical (unpaired) electrons. The molecule has 0 heteroatoms. The van der Waals surface area contributed by atoms with Gasteiger partial charge in [-0.15, -0.1) is 0 Å². The van der Waals surface area contributed by atoms with Crippen molar-refractivity contribution in [3.63, 3.8) is 0 Å². The third kappa shape index (κ3) is 0.510. The Bertz CT molecular complexity index is 93.9. The summed E-state index contributed by atoms with van der Waals surface area (Å²) in [5.74, 6) is 0. The van der Waals surface area contributed by atoms with Crippen molar-refractivity contribution in [3.8, 4) is 0 Å². The molecule has 6 heavy (non-hydrogen) atoms. The summed E-state index contributed by atoms with van der Waals surface area (Å²) < 4.78 is 0. The molecule has 0 atom stereocenters. The highest BCUT2D eigenvalue weighted by Crippen LogP contribution is 2.05. The van der Waals surface area contributed by atoms with Crippen LogP contribution in [0.1, 0.15) is 13.3 Å². The molecule has 1 aliphatic carbocycles. The molecule has 0 spiro atoms. The van der Waals surface area contributed by atoms with Gasteiger partial charge in [0.15, 0.2) is 0 Å². The summed E-state index contributed by atoms with van der Waals surface area (Å²) >= 11 is 0. The van der Waals surface area contributed by atoms with E-state index in [1.54, 1.807) is 0 Å². The van der Waals surface area contributed by atoms with Crippen LogP contribution in [0.3, 0.4) is 0 Å². The van der Waals surface area contributed by atoms with Crippen LogP contribution in [0.5, 0.6) is 0 Å². The zero-order chi connectivity index (χ0) is 4.41. The zero-order valence-corrected chi connectivity index (χ0v) is 3.94. The minimum Gasteiger partial charge on any atom is -0.0805 e. The van der Waals surface area contributed by atoms with E-state index in [-0.39, 0.29) is 0 Å². The Morgan fingerprint density at radius 1 is 1.67 bits per heavy atom. The average molecular weight is 80.1 g/mol. The molecule has 0 saturated heterocycles. The molecule has 0 fully saturated rings. The molecule has 0 heterocycles. The molecule has 0 aromatic carbocycles. The van der Waals surface area contributed by atoms with Crippen LogP contribution in [0.15, 0.2) is 23.8 Å². The Morgan fingerprint density at radius 3 is 2.67 bits per heavy atom. The van der Waals surface area contributed by atoms with Crippen molar-refractivity contribution in [3.05, 3.63) is 23.8 Å². The lowest BCUT2D eigenvalue weighted by Crippen LogP contribution is -1.51. The third-order valence-corrected chi connectivity index (χ3v) is 0.957. The Morgan fingerprint density at radius 2 is 2.50 bits per heavy atom. The molecular formula is C6H8. The van der Waals surface area contributed by atoms with Gasteiger partial charge in [0, 0.05) is 0 Å². The maximum atomic E-state index is 2.21. The molecule has 0 aliphatic heterocycles. The number of rotatable bonds is 0. The molecule has 0 N–H and O–H groups in total. The predicted octanol–water partition coefficient (Wildman–Crippen LogP) is 1.89. The van der Waals surface area contributed by atoms with Gasteiger partial charge in [0.25, 0.3) is 0 Å². The minimum absolute atomic E-state index is 1.14. The summed E-state index contributed by atoms with van der Waals surface area (Å²) in [5.41, 5.74) is 1.40. The van der Waals surface area contributed by atoms with E-state index in [4.69, 9.17) is 0 Å². The smallest absolute Gasteiger partial charge is 0.0160 e. The average Bonchev–Trinajstić information content (AvgIpc) is 1.86. The lowest BCUT2D eigenvalue weighted by Gasteiger charge is -1.72. The van der Waals surface area contributed by atoms with Gasteiger partial charge < -0.3 is 0 Å². The van der Waals surface area contributed by atoms with Crippen molar-refractivity contribution >= 4 is 0 Å². The van der Waals surface area contributed by atoms with Gasteiger partial charge in [0.05, 0.1) is 0 Å². The van der Waals surface area contributed by atoms with Crippen molar-refractivity contribution < 1.29 is 0 Å². The van der Waals surface area contributed by atoms with E-state index in [1.807, 2.05) is 0 Å². The molecule has 0 aromatic rings. The molecule has 0 amide bonds. The van der Waals surface area contributed by atoms with Gasteiger partial charge in [0.2, 0.25) is 0 Å². The van der Waals surface area contributed by atoms with Crippen molar-refractivity contribution in [2.45, 2.75) is 13.3 Å². The topological polar surface area (TPSA) is 0 Å². The fourth-order valence-corrected chi connectivity index (χ4v) is 0.576. The Balaban J connectivity index is 2.68. The summed E-state index contributed by atoms with van der Waals surface area (Å²) in [6.07, 6.45) is 7.65. The molecule has 0 bridgehead atoms. The summed E-state index contributed by atoms with van der Waals surface area (Å²) in [7, 11) is 0. The molecule has 0 saturated carbocycles. The molecule has 1 rings (SSSR count). The van der Waals surface area contributed by atoms with Gasteiger partial charge in [0.1, 0.15) is 0 Å². The Kier molecular flexibility index (Phi) is 0.789. The maximum absolute atomic E-state index is 2.21. The van der Waals surface area contributed by atoms with E-state index in [0.29, 0.717) is 0 Å². The van der Waals surface area contributed by atoms with Crippen LogP contribution in [-0.4, -0.2) is 0 Å². The lowest BCUT2D eigenvalue weighted by molar-refractivity contribution is 1.42. The van der Waals surface area contributed by atoms with E-state index >= 15 is 0 Å². The lowest BCUT2D eigenvalue weighted by atomic mass is 10.3. The van der Waals surface area contributed by atoms with E-state index in [9.17, 15) is 0 Å². The zero-order valence-electron chi connectivity index (χ0n) is 3.94. The number of allylic oxidation sites excluding steroid dienone is 4. The molecule has 0 aromatic heterocycles. The van der Waals surface area contributed by atoms with E-state index < -0.39 is 0 Å². The number of hydrogen-bond donors (Lipinski definition) is 0. The Labute approximate surface area is 38.2 Å². The van der Waals surface area contributed by atoms with Gasteiger partial charge in [-0.3, -0.25) is 0 Å². The van der Waals surface area contributed by atoms with E-state index in [2.05, 4.69) is 25.2 Å². The first-order chi connectivity index (χ1) is 2.89. The van der Waals surface area contributed by atoms with Crippen LogP contribution in [0, 0.1) is 0 Å². The van der Waals surface area contributed by atoms with Crippen molar-refractivity contribution in [2.24, 2.45) is 0 Å². The first kappa shape index (κ1) is 3.66. The molecule has 32 valence electrons. The van der Waals surface area contributed by atoms with Crippen molar-refractivity contribution in [1.82, 2.24) is 0 Å². The van der Waals surface area contributed by atoms with Gasteiger partial charge in [-0.05, 0) is 13.3 Å². The summed E-state index contributed by atoms with van der Waals surface area (Å²) in [6.45, 7) is 2.11. The SMILES string of the molecule is CC1=CCC=C1. The quantitative estimate of drug-likeness (QED) is 0.417. The largest absolute Gasteiger partial charge is 0.0805 e. The summed E-state index contributed by atoms with van der Waals surface area (Å²) in [5, 5.41) is 0. The van der Waals surface area contributed by atoms with Gasteiger partial charge in [-0.1, -0.05) is 23.8 Å². The predicted molar refractivity (Wildman–Crippen MR) is 27.5 cm³/mol.